The Morgan fingerprint density at radius 1 is 0.923 bits per heavy atom. The van der Waals surface area contributed by atoms with Gasteiger partial charge in [0.25, 0.3) is 0 Å². The highest BCUT2D eigenvalue weighted by atomic mass is 32.2. The van der Waals surface area contributed by atoms with Gasteiger partial charge in [-0.1, -0.05) is 18.2 Å². The molecule has 0 saturated carbocycles. The summed E-state index contributed by atoms with van der Waals surface area (Å²) in [7, 11) is -1.27. The van der Waals surface area contributed by atoms with Gasteiger partial charge in [0.2, 0.25) is 0 Å². The van der Waals surface area contributed by atoms with Crippen LogP contribution in [0.15, 0.2) is 62.6 Å². The summed E-state index contributed by atoms with van der Waals surface area (Å²) in [6.07, 6.45) is -4.27. The van der Waals surface area contributed by atoms with Crippen molar-refractivity contribution < 1.29 is 21.8 Å². The molecule has 1 aliphatic rings. The average Bonchev–Trinajstić information content (AvgIpc) is 2.88. The van der Waals surface area contributed by atoms with Gasteiger partial charge in [-0.2, -0.15) is 13.2 Å². The maximum atomic E-state index is 13.5. The summed E-state index contributed by atoms with van der Waals surface area (Å²) in [5.41, 5.74) is -0.595. The Bertz CT molecular complexity index is 1340. The highest BCUT2D eigenvalue weighted by Gasteiger charge is 2.34. The SMILES string of the molecule is CC(C)N(CCN1CCN(S(=O)c2ccc(Cc3ccc4oc(=O)cc(C(F)(F)F)c4c3)cc2)CC1)C(C)C. The maximum Gasteiger partial charge on any atom is 0.417 e. The van der Waals surface area contributed by atoms with Crippen molar-refractivity contribution in [2.45, 2.75) is 57.3 Å². The lowest BCUT2D eigenvalue weighted by Gasteiger charge is -2.37. The van der Waals surface area contributed by atoms with E-state index in [4.69, 9.17) is 4.42 Å². The molecule has 2 heterocycles. The molecule has 2 aromatic carbocycles. The van der Waals surface area contributed by atoms with Crippen LogP contribution in [0, 0.1) is 0 Å². The molecule has 0 aliphatic carbocycles. The average molecular weight is 564 g/mol. The summed E-state index contributed by atoms with van der Waals surface area (Å²) in [4.78, 5) is 17.2. The third kappa shape index (κ3) is 7.36. The molecule has 10 heteroatoms. The monoisotopic (exact) mass is 563 g/mol. The summed E-state index contributed by atoms with van der Waals surface area (Å²) < 4.78 is 60.5. The molecule has 1 saturated heterocycles. The first-order valence-corrected chi connectivity index (χ1v) is 14.4. The van der Waals surface area contributed by atoms with Crippen molar-refractivity contribution >= 4 is 22.0 Å². The van der Waals surface area contributed by atoms with Crippen LogP contribution < -0.4 is 5.63 Å². The first kappa shape index (κ1) is 29.5. The molecule has 0 radical (unpaired) electrons. The molecule has 0 bridgehead atoms. The Hall–Kier alpha value is -2.53. The third-order valence-electron chi connectivity index (χ3n) is 7.21. The van der Waals surface area contributed by atoms with Gasteiger partial charge in [-0.3, -0.25) is 9.80 Å². The van der Waals surface area contributed by atoms with Gasteiger partial charge in [0.15, 0.2) is 0 Å². The first-order valence-electron chi connectivity index (χ1n) is 13.3. The lowest BCUT2D eigenvalue weighted by Crippen LogP contribution is -2.50. The Labute approximate surface area is 230 Å². The minimum atomic E-state index is -4.66. The van der Waals surface area contributed by atoms with E-state index in [-0.39, 0.29) is 11.0 Å². The standard InChI is InChI=1S/C29H36F3N3O3S/c1-20(2)35(21(3)4)16-13-33-11-14-34(15-12-33)39(37)24-8-5-22(6-9-24)17-23-7-10-27-25(18-23)26(29(30,31)32)19-28(36)38-27/h5-10,18-21H,11-17H2,1-4H3. The highest BCUT2D eigenvalue weighted by molar-refractivity contribution is 7.82. The zero-order chi connectivity index (χ0) is 28.3. The summed E-state index contributed by atoms with van der Waals surface area (Å²) in [5.74, 6) is 0. The van der Waals surface area contributed by atoms with E-state index in [0.29, 0.717) is 35.0 Å². The molecule has 1 aromatic heterocycles. The van der Waals surface area contributed by atoms with Crippen molar-refractivity contribution in [1.29, 1.82) is 0 Å². The summed E-state index contributed by atoms with van der Waals surface area (Å²) in [6, 6.07) is 13.3. The molecule has 1 atom stereocenters. The normalized spacial score (nSPS) is 16.6. The van der Waals surface area contributed by atoms with Crippen LogP contribution in [0.3, 0.4) is 0 Å². The van der Waals surface area contributed by atoms with Crippen LogP contribution in [0.1, 0.15) is 44.4 Å². The van der Waals surface area contributed by atoms with E-state index in [1.807, 2.05) is 28.6 Å². The van der Waals surface area contributed by atoms with Gasteiger partial charge in [-0.05, 0) is 69.5 Å². The molecule has 39 heavy (non-hydrogen) atoms. The van der Waals surface area contributed by atoms with Crippen LogP contribution in [-0.2, 0) is 23.6 Å². The van der Waals surface area contributed by atoms with Crippen LogP contribution in [0.5, 0.6) is 0 Å². The number of hydrogen-bond acceptors (Lipinski definition) is 5. The van der Waals surface area contributed by atoms with E-state index in [1.165, 1.54) is 12.1 Å². The van der Waals surface area contributed by atoms with Crippen LogP contribution in [0.2, 0.25) is 0 Å². The smallest absolute Gasteiger partial charge is 0.417 e. The van der Waals surface area contributed by atoms with Gasteiger partial charge in [0, 0.05) is 62.8 Å². The molecule has 0 spiro atoms. The maximum absolute atomic E-state index is 13.5. The largest absolute Gasteiger partial charge is 0.423 e. The van der Waals surface area contributed by atoms with Gasteiger partial charge >= 0.3 is 11.8 Å². The quantitative estimate of drug-likeness (QED) is 0.337. The number of hydrogen-bond donors (Lipinski definition) is 0. The highest BCUT2D eigenvalue weighted by Crippen LogP contribution is 2.34. The number of rotatable bonds is 9. The number of piperazine rings is 1. The van der Waals surface area contributed by atoms with Crippen molar-refractivity contribution in [3.8, 4) is 0 Å². The van der Waals surface area contributed by atoms with Gasteiger partial charge < -0.3 is 4.42 Å². The number of halogens is 3. The van der Waals surface area contributed by atoms with Crippen molar-refractivity contribution in [3.05, 3.63) is 75.6 Å². The van der Waals surface area contributed by atoms with E-state index < -0.39 is 28.4 Å². The molecule has 1 fully saturated rings. The second-order valence-electron chi connectivity index (χ2n) is 10.6. The molecule has 4 rings (SSSR count). The molecule has 6 nitrogen and oxygen atoms in total. The topological polar surface area (TPSA) is 57.0 Å². The number of nitrogens with zero attached hydrogens (tertiary/aromatic N) is 3. The van der Waals surface area contributed by atoms with Crippen LogP contribution in [0.25, 0.3) is 11.0 Å². The zero-order valence-corrected chi connectivity index (χ0v) is 23.6. The Kier molecular flexibility index (Phi) is 9.31. The lowest BCUT2D eigenvalue weighted by molar-refractivity contribution is -0.136. The Morgan fingerprint density at radius 3 is 2.13 bits per heavy atom. The molecular formula is C29H36F3N3O3S. The van der Waals surface area contributed by atoms with E-state index in [0.717, 1.165) is 44.8 Å². The fraction of sp³-hybridized carbons (Fsp3) is 0.483. The van der Waals surface area contributed by atoms with Crippen LogP contribution in [-0.4, -0.2) is 69.7 Å². The Balaban J connectivity index is 1.36. The first-order chi connectivity index (χ1) is 18.4. The van der Waals surface area contributed by atoms with Gasteiger partial charge in [0.1, 0.15) is 16.6 Å². The fourth-order valence-corrected chi connectivity index (χ4v) is 6.31. The molecule has 3 aromatic rings. The molecule has 1 unspecified atom stereocenters. The van der Waals surface area contributed by atoms with Gasteiger partial charge in [-0.25, -0.2) is 13.3 Å². The minimum Gasteiger partial charge on any atom is -0.423 e. The van der Waals surface area contributed by atoms with Gasteiger partial charge in [0.05, 0.1) is 10.5 Å². The Morgan fingerprint density at radius 2 is 1.54 bits per heavy atom. The predicted molar refractivity (Wildman–Crippen MR) is 148 cm³/mol. The molecule has 212 valence electrons. The summed E-state index contributed by atoms with van der Waals surface area (Å²) >= 11 is 0. The number of benzene rings is 2. The summed E-state index contributed by atoms with van der Waals surface area (Å²) in [5, 5.41) is -0.141. The number of alkyl halides is 3. The zero-order valence-electron chi connectivity index (χ0n) is 22.8. The molecular weight excluding hydrogens is 527 g/mol. The molecule has 0 N–H and O–H groups in total. The fourth-order valence-electron chi connectivity index (χ4n) is 5.15. The van der Waals surface area contributed by atoms with Crippen molar-refractivity contribution in [3.63, 3.8) is 0 Å². The lowest BCUT2D eigenvalue weighted by atomic mass is 10.0. The van der Waals surface area contributed by atoms with Gasteiger partial charge in [-0.15, -0.1) is 0 Å². The van der Waals surface area contributed by atoms with E-state index in [9.17, 15) is 22.2 Å². The van der Waals surface area contributed by atoms with Crippen molar-refractivity contribution in [2.24, 2.45) is 0 Å². The van der Waals surface area contributed by atoms with Crippen LogP contribution in [0.4, 0.5) is 13.2 Å². The summed E-state index contributed by atoms with van der Waals surface area (Å²) in [6.45, 7) is 14.1. The second kappa shape index (κ2) is 12.3. The van der Waals surface area contributed by atoms with E-state index in [2.05, 4.69) is 37.5 Å². The minimum absolute atomic E-state index is 0.0958. The van der Waals surface area contributed by atoms with Crippen molar-refractivity contribution in [1.82, 2.24) is 14.1 Å². The second-order valence-corrected chi connectivity index (χ2v) is 12.1. The number of fused-ring (bicyclic) bond motifs is 1. The van der Waals surface area contributed by atoms with Crippen LogP contribution >= 0.6 is 0 Å². The van der Waals surface area contributed by atoms with E-state index in [1.54, 1.807) is 6.07 Å². The van der Waals surface area contributed by atoms with Crippen molar-refractivity contribution in [2.75, 3.05) is 39.3 Å². The predicted octanol–water partition coefficient (Wildman–Crippen LogP) is 5.16. The third-order valence-corrected chi connectivity index (χ3v) is 8.72. The van der Waals surface area contributed by atoms with E-state index >= 15 is 0 Å². The molecule has 0 amide bonds. The molecule has 1 aliphatic heterocycles.